The average Bonchev–Trinajstić information content (AvgIpc) is 2.34. The second kappa shape index (κ2) is 4.87. The van der Waals surface area contributed by atoms with Gasteiger partial charge in [-0.15, -0.1) is 0 Å². The summed E-state index contributed by atoms with van der Waals surface area (Å²) >= 11 is 2.94. The SMILES string of the molecule is Cc1cc(C#N)ccc1-c1cc(F)c(Br)cc1F. The van der Waals surface area contributed by atoms with Crippen molar-refractivity contribution in [2.45, 2.75) is 6.92 Å². The van der Waals surface area contributed by atoms with Gasteiger partial charge in [-0.3, -0.25) is 0 Å². The van der Waals surface area contributed by atoms with Crippen molar-refractivity contribution in [3.63, 3.8) is 0 Å². The molecule has 0 heterocycles. The first-order valence-corrected chi connectivity index (χ1v) is 5.98. The molecular weight excluding hydrogens is 300 g/mol. The van der Waals surface area contributed by atoms with Gasteiger partial charge in [0.1, 0.15) is 11.6 Å². The molecule has 0 amide bonds. The van der Waals surface area contributed by atoms with Crippen molar-refractivity contribution in [2.24, 2.45) is 0 Å². The van der Waals surface area contributed by atoms with E-state index < -0.39 is 11.6 Å². The van der Waals surface area contributed by atoms with Gasteiger partial charge in [-0.05, 0) is 58.2 Å². The standard InChI is InChI=1S/C14H8BrF2N/c1-8-4-9(7-18)2-3-10(8)11-5-14(17)12(15)6-13(11)16/h2-6H,1H3. The van der Waals surface area contributed by atoms with E-state index in [1.807, 2.05) is 6.07 Å². The zero-order chi connectivity index (χ0) is 13.3. The van der Waals surface area contributed by atoms with Crippen LogP contribution in [-0.2, 0) is 0 Å². The second-order valence-corrected chi connectivity index (χ2v) is 4.74. The van der Waals surface area contributed by atoms with Gasteiger partial charge in [0, 0.05) is 5.56 Å². The molecule has 0 aromatic heterocycles. The van der Waals surface area contributed by atoms with Crippen molar-refractivity contribution in [2.75, 3.05) is 0 Å². The molecule has 0 atom stereocenters. The number of halogens is 3. The molecule has 0 radical (unpaired) electrons. The quantitative estimate of drug-likeness (QED) is 0.708. The number of nitriles is 1. The molecule has 0 fully saturated rings. The predicted octanol–water partition coefficient (Wildman–Crippen LogP) is 4.57. The first-order valence-electron chi connectivity index (χ1n) is 5.18. The molecule has 0 aliphatic heterocycles. The molecule has 90 valence electrons. The van der Waals surface area contributed by atoms with Crippen LogP contribution < -0.4 is 0 Å². The Kier molecular flexibility index (Phi) is 3.44. The minimum Gasteiger partial charge on any atom is -0.206 e. The molecule has 0 unspecified atom stereocenters. The lowest BCUT2D eigenvalue weighted by Gasteiger charge is -2.08. The minimum atomic E-state index is -0.518. The Hall–Kier alpha value is -1.73. The number of nitrogens with zero attached hydrogens (tertiary/aromatic N) is 1. The number of rotatable bonds is 1. The van der Waals surface area contributed by atoms with Crippen LogP contribution in [-0.4, -0.2) is 0 Å². The largest absolute Gasteiger partial charge is 0.206 e. The Morgan fingerprint density at radius 2 is 1.78 bits per heavy atom. The third-order valence-electron chi connectivity index (χ3n) is 2.66. The van der Waals surface area contributed by atoms with Crippen LogP contribution in [0.3, 0.4) is 0 Å². The summed E-state index contributed by atoms with van der Waals surface area (Å²) < 4.78 is 27.4. The summed E-state index contributed by atoms with van der Waals surface area (Å²) in [5.74, 6) is -1.02. The number of benzene rings is 2. The van der Waals surface area contributed by atoms with Crippen molar-refractivity contribution in [1.29, 1.82) is 5.26 Å². The van der Waals surface area contributed by atoms with Gasteiger partial charge >= 0.3 is 0 Å². The first kappa shape index (κ1) is 12.7. The van der Waals surface area contributed by atoms with Crippen LogP contribution in [0.25, 0.3) is 11.1 Å². The number of aryl methyl sites for hydroxylation is 1. The molecular formula is C14H8BrF2N. The third kappa shape index (κ3) is 2.27. The van der Waals surface area contributed by atoms with E-state index in [-0.39, 0.29) is 10.0 Å². The zero-order valence-electron chi connectivity index (χ0n) is 9.47. The molecule has 1 nitrogen and oxygen atoms in total. The summed E-state index contributed by atoms with van der Waals surface area (Å²) in [6, 6.07) is 9.11. The van der Waals surface area contributed by atoms with E-state index in [1.165, 1.54) is 0 Å². The Morgan fingerprint density at radius 3 is 2.39 bits per heavy atom. The number of hydrogen-bond donors (Lipinski definition) is 0. The normalized spacial score (nSPS) is 10.2. The van der Waals surface area contributed by atoms with Crippen LogP contribution in [0, 0.1) is 29.9 Å². The van der Waals surface area contributed by atoms with E-state index >= 15 is 0 Å². The fraction of sp³-hybridized carbons (Fsp3) is 0.0714. The molecule has 0 N–H and O–H groups in total. The molecule has 2 aromatic rings. The van der Waals surface area contributed by atoms with Crippen LogP contribution >= 0.6 is 15.9 Å². The van der Waals surface area contributed by atoms with E-state index in [0.717, 1.165) is 17.7 Å². The summed E-state index contributed by atoms with van der Waals surface area (Å²) in [5, 5.41) is 8.77. The van der Waals surface area contributed by atoms with Gasteiger partial charge in [0.25, 0.3) is 0 Å². The highest BCUT2D eigenvalue weighted by Crippen LogP contribution is 2.30. The monoisotopic (exact) mass is 307 g/mol. The molecule has 18 heavy (non-hydrogen) atoms. The predicted molar refractivity (Wildman–Crippen MR) is 68.9 cm³/mol. The molecule has 2 aromatic carbocycles. The Bertz CT molecular complexity index is 660. The van der Waals surface area contributed by atoms with Crippen LogP contribution in [0.5, 0.6) is 0 Å². The van der Waals surface area contributed by atoms with Crippen molar-refractivity contribution < 1.29 is 8.78 Å². The maximum atomic E-state index is 13.8. The Balaban J connectivity index is 2.63. The van der Waals surface area contributed by atoms with Crippen LogP contribution in [0.2, 0.25) is 0 Å². The maximum Gasteiger partial charge on any atom is 0.138 e. The highest BCUT2D eigenvalue weighted by molar-refractivity contribution is 9.10. The summed E-state index contributed by atoms with van der Waals surface area (Å²) in [5.41, 5.74) is 2.00. The van der Waals surface area contributed by atoms with Gasteiger partial charge in [-0.1, -0.05) is 6.07 Å². The topological polar surface area (TPSA) is 23.8 Å². The summed E-state index contributed by atoms with van der Waals surface area (Å²) in [6.07, 6.45) is 0. The maximum absolute atomic E-state index is 13.8. The molecule has 0 aliphatic carbocycles. The van der Waals surface area contributed by atoms with Gasteiger partial charge in [0.2, 0.25) is 0 Å². The highest BCUT2D eigenvalue weighted by Gasteiger charge is 2.12. The third-order valence-corrected chi connectivity index (χ3v) is 3.26. The van der Waals surface area contributed by atoms with Gasteiger partial charge in [-0.2, -0.15) is 5.26 Å². The molecule has 0 spiro atoms. The van der Waals surface area contributed by atoms with Crippen molar-refractivity contribution >= 4 is 15.9 Å². The van der Waals surface area contributed by atoms with Crippen LogP contribution in [0.15, 0.2) is 34.8 Å². The smallest absolute Gasteiger partial charge is 0.138 e. The van der Waals surface area contributed by atoms with E-state index in [0.29, 0.717) is 11.1 Å². The van der Waals surface area contributed by atoms with Crippen molar-refractivity contribution in [3.8, 4) is 17.2 Å². The van der Waals surface area contributed by atoms with E-state index in [9.17, 15) is 8.78 Å². The van der Waals surface area contributed by atoms with E-state index in [2.05, 4.69) is 15.9 Å². The summed E-state index contributed by atoms with van der Waals surface area (Å²) in [7, 11) is 0. The van der Waals surface area contributed by atoms with Crippen LogP contribution in [0.4, 0.5) is 8.78 Å². The van der Waals surface area contributed by atoms with Crippen molar-refractivity contribution in [3.05, 3.63) is 57.6 Å². The van der Waals surface area contributed by atoms with Gasteiger partial charge < -0.3 is 0 Å². The molecule has 4 heteroatoms. The minimum absolute atomic E-state index is 0.0926. The molecule has 2 rings (SSSR count). The molecule has 0 saturated carbocycles. The van der Waals surface area contributed by atoms with E-state index in [4.69, 9.17) is 5.26 Å². The fourth-order valence-electron chi connectivity index (χ4n) is 1.76. The van der Waals surface area contributed by atoms with Gasteiger partial charge in [0.05, 0.1) is 16.1 Å². The molecule has 0 saturated heterocycles. The highest BCUT2D eigenvalue weighted by atomic mass is 79.9. The summed E-state index contributed by atoms with van der Waals surface area (Å²) in [4.78, 5) is 0. The first-order chi connectivity index (χ1) is 8.52. The molecule has 0 bridgehead atoms. The lowest BCUT2D eigenvalue weighted by molar-refractivity contribution is 0.597. The lowest BCUT2D eigenvalue weighted by Crippen LogP contribution is -1.91. The van der Waals surface area contributed by atoms with Gasteiger partial charge in [-0.25, -0.2) is 8.78 Å². The average molecular weight is 308 g/mol. The zero-order valence-corrected chi connectivity index (χ0v) is 11.1. The lowest BCUT2D eigenvalue weighted by atomic mass is 9.98. The Morgan fingerprint density at radius 1 is 1.06 bits per heavy atom. The van der Waals surface area contributed by atoms with Gasteiger partial charge in [0.15, 0.2) is 0 Å². The van der Waals surface area contributed by atoms with Crippen molar-refractivity contribution in [1.82, 2.24) is 0 Å². The second-order valence-electron chi connectivity index (χ2n) is 3.89. The number of hydrogen-bond acceptors (Lipinski definition) is 1. The summed E-state index contributed by atoms with van der Waals surface area (Å²) in [6.45, 7) is 1.76. The molecule has 0 aliphatic rings. The Labute approximate surface area is 112 Å². The van der Waals surface area contributed by atoms with Crippen LogP contribution in [0.1, 0.15) is 11.1 Å². The van der Waals surface area contributed by atoms with E-state index in [1.54, 1.807) is 25.1 Å². The fourth-order valence-corrected chi connectivity index (χ4v) is 2.08.